The Morgan fingerprint density at radius 3 is 2.16 bits per heavy atom. The highest BCUT2D eigenvalue weighted by Gasteiger charge is 2.14. The molecule has 0 saturated carbocycles. The van der Waals surface area contributed by atoms with Gasteiger partial charge in [0.25, 0.3) is 0 Å². The molecule has 0 radical (unpaired) electrons. The Labute approximate surface area is 121 Å². The van der Waals surface area contributed by atoms with Crippen molar-refractivity contribution in [1.29, 1.82) is 0 Å². The van der Waals surface area contributed by atoms with Crippen LogP contribution in [0.25, 0.3) is 0 Å². The van der Waals surface area contributed by atoms with E-state index in [1.54, 1.807) is 0 Å². The molecule has 2 N–H and O–H groups in total. The first-order chi connectivity index (χ1) is 9.17. The Kier molecular flexibility index (Phi) is 8.19. The fraction of sp³-hybridized carbons (Fsp3) is 0.625. The molecule has 0 heterocycles. The molecule has 0 aliphatic heterocycles. The van der Waals surface area contributed by atoms with Crippen LogP contribution in [0.4, 0.5) is 0 Å². The summed E-state index contributed by atoms with van der Waals surface area (Å²) in [4.78, 5) is 1.30. The maximum atomic E-state index is 9.83. The van der Waals surface area contributed by atoms with Gasteiger partial charge < -0.3 is 10.2 Å². The molecule has 0 aromatic heterocycles. The van der Waals surface area contributed by atoms with E-state index in [1.165, 1.54) is 16.9 Å². The molecule has 2 unspecified atom stereocenters. The number of aliphatic hydroxyl groups excluding tert-OH is 2. The number of benzene rings is 1. The van der Waals surface area contributed by atoms with Gasteiger partial charge in [0.1, 0.15) is 0 Å². The van der Waals surface area contributed by atoms with Gasteiger partial charge in [0.2, 0.25) is 0 Å². The average Bonchev–Trinajstić information content (AvgIpc) is 2.43. The van der Waals surface area contributed by atoms with E-state index in [0.717, 1.165) is 18.6 Å². The fourth-order valence-electron chi connectivity index (χ4n) is 1.97. The maximum Gasteiger partial charge on any atom is 0.0802 e. The van der Waals surface area contributed by atoms with E-state index in [2.05, 4.69) is 31.2 Å². The lowest BCUT2D eigenvalue weighted by Crippen LogP contribution is -2.26. The van der Waals surface area contributed by atoms with Gasteiger partial charge in [-0.2, -0.15) is 0 Å². The molecule has 3 heteroatoms. The van der Waals surface area contributed by atoms with E-state index in [9.17, 15) is 10.2 Å². The highest BCUT2D eigenvalue weighted by atomic mass is 32.2. The second kappa shape index (κ2) is 9.40. The number of hydrogen-bond acceptors (Lipinski definition) is 3. The standard InChI is InChI=1S/C16H26O2S/c1-3-5-15(17)16(18)11-8-13-6-9-14(10-7-13)19-12-4-2/h6-7,9-10,15-18H,3-5,8,11-12H2,1-2H3. The molecule has 0 aliphatic carbocycles. The average molecular weight is 282 g/mol. The first-order valence-corrected chi connectivity index (χ1v) is 8.23. The first-order valence-electron chi connectivity index (χ1n) is 7.25. The van der Waals surface area contributed by atoms with Gasteiger partial charge in [0, 0.05) is 4.90 Å². The van der Waals surface area contributed by atoms with E-state index in [1.807, 2.05) is 18.7 Å². The summed E-state index contributed by atoms with van der Waals surface area (Å²) in [6.07, 6.45) is 3.03. The van der Waals surface area contributed by atoms with Gasteiger partial charge in [-0.1, -0.05) is 32.4 Å². The lowest BCUT2D eigenvalue weighted by Gasteiger charge is -2.17. The normalized spacial score (nSPS) is 14.3. The third-order valence-corrected chi connectivity index (χ3v) is 4.37. The van der Waals surface area contributed by atoms with Gasteiger partial charge in [-0.3, -0.25) is 0 Å². The molecule has 1 aromatic carbocycles. The van der Waals surface area contributed by atoms with Crippen LogP contribution in [0.3, 0.4) is 0 Å². The van der Waals surface area contributed by atoms with Gasteiger partial charge >= 0.3 is 0 Å². The molecule has 0 aliphatic rings. The van der Waals surface area contributed by atoms with Crippen LogP contribution < -0.4 is 0 Å². The smallest absolute Gasteiger partial charge is 0.0802 e. The van der Waals surface area contributed by atoms with Crippen molar-refractivity contribution in [3.8, 4) is 0 Å². The minimum atomic E-state index is -0.603. The largest absolute Gasteiger partial charge is 0.390 e. The molecule has 0 spiro atoms. The number of aryl methyl sites for hydroxylation is 1. The molecular formula is C16H26O2S. The molecule has 1 aromatic rings. The zero-order valence-corrected chi connectivity index (χ0v) is 12.8. The third-order valence-electron chi connectivity index (χ3n) is 3.15. The molecule has 1 rings (SSSR count). The Bertz CT molecular complexity index is 337. The molecule has 2 atom stereocenters. The summed E-state index contributed by atoms with van der Waals surface area (Å²) < 4.78 is 0. The van der Waals surface area contributed by atoms with E-state index >= 15 is 0 Å². The molecular weight excluding hydrogens is 256 g/mol. The van der Waals surface area contributed by atoms with Crippen molar-refractivity contribution in [2.45, 2.75) is 63.1 Å². The topological polar surface area (TPSA) is 40.5 Å². The summed E-state index contributed by atoms with van der Waals surface area (Å²) in [6.45, 7) is 4.20. The van der Waals surface area contributed by atoms with E-state index in [0.29, 0.717) is 12.8 Å². The molecule has 0 fully saturated rings. The second-order valence-corrected chi connectivity index (χ2v) is 6.12. The Hall–Kier alpha value is -0.510. The van der Waals surface area contributed by atoms with Gasteiger partial charge in [0.15, 0.2) is 0 Å². The molecule has 0 amide bonds. The predicted octanol–water partition coefficient (Wildman–Crippen LogP) is 3.64. The monoisotopic (exact) mass is 282 g/mol. The Balaban J connectivity index is 2.36. The minimum absolute atomic E-state index is 0.579. The summed E-state index contributed by atoms with van der Waals surface area (Å²) in [6, 6.07) is 8.53. The van der Waals surface area contributed by atoms with Crippen molar-refractivity contribution in [1.82, 2.24) is 0 Å². The van der Waals surface area contributed by atoms with Crippen LogP contribution in [0.15, 0.2) is 29.2 Å². The molecule has 108 valence electrons. The van der Waals surface area contributed by atoms with Crippen LogP contribution in [0.5, 0.6) is 0 Å². The minimum Gasteiger partial charge on any atom is -0.390 e. The van der Waals surface area contributed by atoms with Gasteiger partial charge in [-0.15, -0.1) is 11.8 Å². The number of thioether (sulfide) groups is 1. The lowest BCUT2D eigenvalue weighted by molar-refractivity contribution is 0.00981. The van der Waals surface area contributed by atoms with Crippen molar-refractivity contribution in [2.24, 2.45) is 0 Å². The van der Waals surface area contributed by atoms with Crippen LogP contribution in [0.1, 0.15) is 45.1 Å². The predicted molar refractivity (Wildman–Crippen MR) is 82.7 cm³/mol. The second-order valence-electron chi connectivity index (χ2n) is 4.95. The molecule has 0 bridgehead atoms. The van der Waals surface area contributed by atoms with Crippen LogP contribution in [0.2, 0.25) is 0 Å². The van der Waals surface area contributed by atoms with E-state index in [4.69, 9.17) is 0 Å². The summed E-state index contributed by atoms with van der Waals surface area (Å²) >= 11 is 1.88. The van der Waals surface area contributed by atoms with E-state index in [-0.39, 0.29) is 0 Å². The van der Waals surface area contributed by atoms with Crippen molar-refractivity contribution in [3.05, 3.63) is 29.8 Å². The number of aliphatic hydroxyl groups is 2. The van der Waals surface area contributed by atoms with Gasteiger partial charge in [-0.05, 0) is 49.1 Å². The highest BCUT2D eigenvalue weighted by Crippen LogP contribution is 2.20. The number of rotatable bonds is 9. The van der Waals surface area contributed by atoms with Crippen molar-refractivity contribution in [3.63, 3.8) is 0 Å². The number of hydrogen-bond donors (Lipinski definition) is 2. The molecule has 0 saturated heterocycles. The zero-order chi connectivity index (χ0) is 14.1. The van der Waals surface area contributed by atoms with Crippen molar-refractivity contribution in [2.75, 3.05) is 5.75 Å². The van der Waals surface area contributed by atoms with Crippen molar-refractivity contribution >= 4 is 11.8 Å². The van der Waals surface area contributed by atoms with Crippen LogP contribution in [-0.4, -0.2) is 28.2 Å². The summed E-state index contributed by atoms with van der Waals surface area (Å²) in [5, 5.41) is 19.5. The summed E-state index contributed by atoms with van der Waals surface area (Å²) in [5.74, 6) is 1.15. The summed E-state index contributed by atoms with van der Waals surface area (Å²) in [7, 11) is 0. The zero-order valence-electron chi connectivity index (χ0n) is 12.0. The fourth-order valence-corrected chi connectivity index (χ4v) is 2.74. The SMILES string of the molecule is CCCSc1ccc(CCC(O)C(O)CCC)cc1. The third kappa shape index (κ3) is 6.46. The Morgan fingerprint density at radius 2 is 1.58 bits per heavy atom. The molecule has 19 heavy (non-hydrogen) atoms. The first kappa shape index (κ1) is 16.5. The summed E-state index contributed by atoms with van der Waals surface area (Å²) in [5.41, 5.74) is 1.23. The molecule has 2 nitrogen and oxygen atoms in total. The maximum absolute atomic E-state index is 9.83. The lowest BCUT2D eigenvalue weighted by atomic mass is 10.0. The van der Waals surface area contributed by atoms with Crippen LogP contribution in [-0.2, 0) is 6.42 Å². The van der Waals surface area contributed by atoms with E-state index < -0.39 is 12.2 Å². The van der Waals surface area contributed by atoms with Crippen molar-refractivity contribution < 1.29 is 10.2 Å². The van der Waals surface area contributed by atoms with Crippen LogP contribution in [0, 0.1) is 0 Å². The highest BCUT2D eigenvalue weighted by molar-refractivity contribution is 7.99. The van der Waals surface area contributed by atoms with Crippen LogP contribution >= 0.6 is 11.8 Å². The Morgan fingerprint density at radius 1 is 0.947 bits per heavy atom. The van der Waals surface area contributed by atoms with Gasteiger partial charge in [-0.25, -0.2) is 0 Å². The quantitative estimate of drug-likeness (QED) is 0.679. The van der Waals surface area contributed by atoms with Gasteiger partial charge in [0.05, 0.1) is 12.2 Å².